The molecule has 0 saturated carbocycles. The van der Waals surface area contributed by atoms with Crippen LogP contribution in [0, 0.1) is 6.92 Å². The summed E-state index contributed by atoms with van der Waals surface area (Å²) in [5.41, 5.74) is 0.963. The highest BCUT2D eigenvalue weighted by molar-refractivity contribution is 7.87. The molecule has 0 heterocycles. The molecule has 2 aromatic carbocycles. The van der Waals surface area contributed by atoms with Crippen molar-refractivity contribution in [3.8, 4) is 11.5 Å². The number of hydrogen-bond acceptors (Lipinski definition) is 4. The minimum atomic E-state index is -3.90. The molecule has 0 aromatic heterocycles. The predicted octanol–water partition coefficient (Wildman–Crippen LogP) is 3.98. The molecule has 4 nitrogen and oxygen atoms in total. The quantitative estimate of drug-likeness (QED) is 0.590. The molecule has 0 amide bonds. The molecule has 0 radical (unpaired) electrons. The molecule has 0 atom stereocenters. The van der Waals surface area contributed by atoms with Crippen LogP contribution >= 0.6 is 11.6 Å². The Morgan fingerprint density at radius 2 is 1.86 bits per heavy atom. The lowest BCUT2D eigenvalue weighted by Crippen LogP contribution is -2.09. The average Bonchev–Trinajstić information content (AvgIpc) is 2.48. The summed E-state index contributed by atoms with van der Waals surface area (Å²) >= 11 is 5.97. The number of hydrogen-bond donors (Lipinski definition) is 0. The first-order valence-electron chi connectivity index (χ1n) is 6.47. The molecule has 0 aliphatic heterocycles. The van der Waals surface area contributed by atoms with E-state index in [4.69, 9.17) is 20.5 Å². The van der Waals surface area contributed by atoms with Crippen LogP contribution in [0.1, 0.15) is 5.56 Å². The Morgan fingerprint density at radius 3 is 2.50 bits per heavy atom. The summed E-state index contributed by atoms with van der Waals surface area (Å²) in [5.74, 6) is 0.460. The van der Waals surface area contributed by atoms with Crippen molar-refractivity contribution in [2.24, 2.45) is 0 Å². The van der Waals surface area contributed by atoms with Crippen LogP contribution in [0.3, 0.4) is 0 Å². The van der Waals surface area contributed by atoms with Crippen molar-refractivity contribution in [2.45, 2.75) is 11.8 Å². The van der Waals surface area contributed by atoms with Gasteiger partial charge in [0.15, 0.2) is 0 Å². The second-order valence-electron chi connectivity index (χ2n) is 4.54. The van der Waals surface area contributed by atoms with Crippen LogP contribution in [0.15, 0.2) is 60.0 Å². The summed E-state index contributed by atoms with van der Waals surface area (Å²) in [5, 5.41) is 0.363. The molecule has 0 fully saturated rings. The largest absolute Gasteiger partial charge is 0.488 e. The molecule has 6 heteroatoms. The fourth-order valence-electron chi connectivity index (χ4n) is 1.67. The topological polar surface area (TPSA) is 52.6 Å². The fourth-order valence-corrected chi connectivity index (χ4v) is 2.77. The van der Waals surface area contributed by atoms with Gasteiger partial charge in [0.2, 0.25) is 0 Å². The maximum atomic E-state index is 12.2. The van der Waals surface area contributed by atoms with Crippen molar-refractivity contribution >= 4 is 21.7 Å². The molecule has 22 heavy (non-hydrogen) atoms. The number of rotatable bonds is 6. The summed E-state index contributed by atoms with van der Waals surface area (Å²) < 4.78 is 34.9. The lowest BCUT2D eigenvalue weighted by atomic mass is 10.2. The zero-order valence-electron chi connectivity index (χ0n) is 12.0. The molecule has 116 valence electrons. The average molecular weight is 339 g/mol. The van der Waals surface area contributed by atoms with Crippen molar-refractivity contribution in [1.82, 2.24) is 0 Å². The van der Waals surface area contributed by atoms with E-state index in [1.54, 1.807) is 18.2 Å². The van der Waals surface area contributed by atoms with E-state index in [1.807, 2.05) is 6.92 Å². The Kier molecular flexibility index (Phi) is 5.11. The molecule has 0 aliphatic rings. The fraction of sp³-hybridized carbons (Fsp3) is 0.125. The van der Waals surface area contributed by atoms with Gasteiger partial charge in [0.1, 0.15) is 23.0 Å². The zero-order valence-corrected chi connectivity index (χ0v) is 13.5. The number of halogens is 1. The van der Waals surface area contributed by atoms with Crippen LogP contribution in [0.4, 0.5) is 0 Å². The van der Waals surface area contributed by atoms with Crippen LogP contribution in [0.2, 0.25) is 5.02 Å². The summed E-state index contributed by atoms with van der Waals surface area (Å²) in [6, 6.07) is 10.8. The minimum Gasteiger partial charge on any atom is -0.488 e. The highest BCUT2D eigenvalue weighted by Gasteiger charge is 2.17. The Morgan fingerprint density at radius 1 is 1.18 bits per heavy atom. The summed E-state index contributed by atoms with van der Waals surface area (Å²) in [7, 11) is -3.90. The van der Waals surface area contributed by atoms with Crippen molar-refractivity contribution < 1.29 is 17.3 Å². The highest BCUT2D eigenvalue weighted by Crippen LogP contribution is 2.30. The van der Waals surface area contributed by atoms with E-state index in [2.05, 4.69) is 6.58 Å². The van der Waals surface area contributed by atoms with Gasteiger partial charge in [-0.15, -0.1) is 0 Å². The van der Waals surface area contributed by atoms with E-state index < -0.39 is 10.1 Å². The van der Waals surface area contributed by atoms with Gasteiger partial charge < -0.3 is 8.92 Å². The van der Waals surface area contributed by atoms with Crippen LogP contribution in [0.25, 0.3) is 0 Å². The Bertz CT molecular complexity index is 767. The zero-order chi connectivity index (χ0) is 16.2. The highest BCUT2D eigenvalue weighted by atomic mass is 35.5. The molecule has 0 bridgehead atoms. The smallest absolute Gasteiger partial charge is 0.339 e. The van der Waals surface area contributed by atoms with Gasteiger partial charge in [0.25, 0.3) is 0 Å². The first-order chi connectivity index (χ1) is 10.4. The van der Waals surface area contributed by atoms with Gasteiger partial charge in [-0.1, -0.05) is 42.0 Å². The van der Waals surface area contributed by atoms with Crippen LogP contribution in [-0.2, 0) is 10.1 Å². The summed E-state index contributed by atoms with van der Waals surface area (Å²) in [6.07, 6.45) is 1.56. The van der Waals surface area contributed by atoms with E-state index >= 15 is 0 Å². The Balaban J connectivity index is 2.25. The van der Waals surface area contributed by atoms with Crippen LogP contribution in [-0.4, -0.2) is 15.0 Å². The molecular weight excluding hydrogens is 324 g/mol. The predicted molar refractivity (Wildman–Crippen MR) is 86.1 cm³/mol. The van der Waals surface area contributed by atoms with Gasteiger partial charge in [-0.05, 0) is 31.2 Å². The second-order valence-corrected chi connectivity index (χ2v) is 6.50. The third kappa shape index (κ3) is 4.02. The van der Waals surface area contributed by atoms with Gasteiger partial charge in [0, 0.05) is 6.07 Å². The van der Waals surface area contributed by atoms with E-state index in [0.29, 0.717) is 10.8 Å². The molecule has 2 aromatic rings. The molecule has 2 rings (SSSR count). The van der Waals surface area contributed by atoms with E-state index in [1.165, 1.54) is 30.3 Å². The van der Waals surface area contributed by atoms with E-state index in [-0.39, 0.29) is 17.3 Å². The van der Waals surface area contributed by atoms with Crippen LogP contribution < -0.4 is 8.92 Å². The molecule has 0 unspecified atom stereocenters. The molecule has 0 aliphatic carbocycles. The van der Waals surface area contributed by atoms with Gasteiger partial charge in [0.05, 0.1) is 5.02 Å². The van der Waals surface area contributed by atoms with Crippen LogP contribution in [0.5, 0.6) is 11.5 Å². The lowest BCUT2D eigenvalue weighted by molar-refractivity contribution is 0.362. The second kappa shape index (κ2) is 6.85. The molecule has 0 spiro atoms. The first-order valence-corrected chi connectivity index (χ1v) is 8.25. The van der Waals surface area contributed by atoms with Gasteiger partial charge in [-0.3, -0.25) is 0 Å². The Labute approximate surface area is 135 Å². The summed E-state index contributed by atoms with van der Waals surface area (Å²) in [6.45, 7) is 5.67. The van der Waals surface area contributed by atoms with Crippen molar-refractivity contribution in [1.29, 1.82) is 0 Å². The third-order valence-corrected chi connectivity index (χ3v) is 4.35. The minimum absolute atomic E-state index is 0.0848. The van der Waals surface area contributed by atoms with Crippen molar-refractivity contribution in [2.75, 3.05) is 6.61 Å². The molecule has 0 N–H and O–H groups in total. The van der Waals surface area contributed by atoms with E-state index in [9.17, 15) is 8.42 Å². The SMILES string of the molecule is C=CCOc1cc(OS(=O)(=O)c2ccc(C)cc2)ccc1Cl. The standard InChI is InChI=1S/C16H15ClO4S/c1-3-10-20-16-11-13(6-9-15(16)17)21-22(18,19)14-7-4-12(2)5-8-14/h3-9,11H,1,10H2,2H3. The normalized spacial score (nSPS) is 11.0. The number of ether oxygens (including phenoxy) is 1. The van der Waals surface area contributed by atoms with Gasteiger partial charge >= 0.3 is 10.1 Å². The third-order valence-electron chi connectivity index (χ3n) is 2.77. The van der Waals surface area contributed by atoms with Gasteiger partial charge in [-0.2, -0.15) is 8.42 Å². The number of aryl methyl sites for hydroxylation is 1. The van der Waals surface area contributed by atoms with Gasteiger partial charge in [-0.25, -0.2) is 0 Å². The maximum absolute atomic E-state index is 12.2. The van der Waals surface area contributed by atoms with Crippen molar-refractivity contribution in [3.63, 3.8) is 0 Å². The Hall–Kier alpha value is -1.98. The first kappa shape index (κ1) is 16.4. The summed E-state index contributed by atoms with van der Waals surface area (Å²) in [4.78, 5) is 0.0848. The lowest BCUT2D eigenvalue weighted by Gasteiger charge is -2.10. The number of benzene rings is 2. The van der Waals surface area contributed by atoms with Crippen molar-refractivity contribution in [3.05, 3.63) is 65.7 Å². The molecule has 0 saturated heterocycles. The monoisotopic (exact) mass is 338 g/mol. The molecular formula is C16H15ClO4S. The maximum Gasteiger partial charge on any atom is 0.339 e. The van der Waals surface area contributed by atoms with E-state index in [0.717, 1.165) is 5.56 Å².